The number of rotatable bonds is 4. The van der Waals surface area contributed by atoms with Crippen LogP contribution in [0.4, 0.5) is 0 Å². The molecule has 0 spiro atoms. The van der Waals surface area contributed by atoms with Crippen LogP contribution in [-0.2, 0) is 6.54 Å². The lowest BCUT2D eigenvalue weighted by Crippen LogP contribution is -2.72. The van der Waals surface area contributed by atoms with E-state index in [1.54, 1.807) is 11.3 Å². The van der Waals surface area contributed by atoms with Crippen LogP contribution in [0.25, 0.3) is 0 Å². The molecule has 0 bridgehead atoms. The standard InChI is InChI=1S/C20H35N5S/c1-15-23-17(13-26-15)12-24-9-7-16(8-10-24)11-22-18(21-6)25-14-19(2,3)20(25,4)5/h13,16H,7-12,14H2,1-6H3,(H,21,22). The SMILES string of the molecule is CN=C(NCC1CCN(Cc2csc(C)n2)CC1)N1CC(C)(C)C1(C)C. The van der Waals surface area contributed by atoms with Crippen LogP contribution >= 0.6 is 11.3 Å². The van der Waals surface area contributed by atoms with Crippen molar-refractivity contribution in [2.75, 3.05) is 33.2 Å². The highest BCUT2D eigenvalue weighted by molar-refractivity contribution is 7.09. The van der Waals surface area contributed by atoms with Crippen molar-refractivity contribution in [1.29, 1.82) is 0 Å². The maximum absolute atomic E-state index is 4.60. The normalized spacial score (nSPS) is 23.8. The number of aromatic nitrogens is 1. The van der Waals surface area contributed by atoms with Gasteiger partial charge in [-0.1, -0.05) is 13.8 Å². The van der Waals surface area contributed by atoms with Crippen molar-refractivity contribution < 1.29 is 0 Å². The monoisotopic (exact) mass is 377 g/mol. The van der Waals surface area contributed by atoms with E-state index in [9.17, 15) is 0 Å². The van der Waals surface area contributed by atoms with Crippen LogP contribution in [0.1, 0.15) is 51.2 Å². The van der Waals surface area contributed by atoms with E-state index in [0.29, 0.717) is 5.41 Å². The van der Waals surface area contributed by atoms with E-state index in [1.165, 1.54) is 36.6 Å². The van der Waals surface area contributed by atoms with Crippen LogP contribution in [-0.4, -0.2) is 59.5 Å². The topological polar surface area (TPSA) is 43.8 Å². The minimum atomic E-state index is 0.157. The molecule has 2 saturated heterocycles. The van der Waals surface area contributed by atoms with E-state index in [-0.39, 0.29) is 5.54 Å². The largest absolute Gasteiger partial charge is 0.356 e. The second-order valence-corrected chi connectivity index (χ2v) is 10.1. The molecule has 2 aliphatic heterocycles. The third kappa shape index (κ3) is 3.91. The summed E-state index contributed by atoms with van der Waals surface area (Å²) in [6.07, 6.45) is 2.50. The number of thiazole rings is 1. The molecule has 1 aromatic heterocycles. The summed E-state index contributed by atoms with van der Waals surface area (Å²) in [4.78, 5) is 14.1. The molecule has 0 aliphatic carbocycles. The third-order valence-corrected chi connectivity index (χ3v) is 7.48. The summed E-state index contributed by atoms with van der Waals surface area (Å²) in [5.41, 5.74) is 1.72. The van der Waals surface area contributed by atoms with Crippen LogP contribution in [0.2, 0.25) is 0 Å². The molecular formula is C20H35N5S. The molecule has 0 amide bonds. The van der Waals surface area contributed by atoms with Crippen molar-refractivity contribution in [1.82, 2.24) is 20.1 Å². The van der Waals surface area contributed by atoms with Gasteiger partial charge in [0, 0.05) is 43.0 Å². The summed E-state index contributed by atoms with van der Waals surface area (Å²) in [5, 5.41) is 7.02. The van der Waals surface area contributed by atoms with Gasteiger partial charge >= 0.3 is 0 Å². The first-order chi connectivity index (χ1) is 12.2. The fourth-order valence-corrected chi connectivity index (χ4v) is 4.59. The highest BCUT2D eigenvalue weighted by Gasteiger charge is 2.53. The zero-order valence-corrected chi connectivity index (χ0v) is 18.1. The van der Waals surface area contributed by atoms with Crippen molar-refractivity contribution in [3.05, 3.63) is 16.1 Å². The number of nitrogens with zero attached hydrogens (tertiary/aromatic N) is 4. The van der Waals surface area contributed by atoms with Crippen molar-refractivity contribution in [3.8, 4) is 0 Å². The first-order valence-electron chi connectivity index (χ1n) is 9.84. The molecule has 1 N–H and O–H groups in total. The van der Waals surface area contributed by atoms with E-state index in [4.69, 9.17) is 0 Å². The minimum Gasteiger partial charge on any atom is -0.356 e. The second kappa shape index (κ2) is 7.47. The minimum absolute atomic E-state index is 0.157. The number of aliphatic imine (C=N–C) groups is 1. The molecule has 3 heterocycles. The first-order valence-corrected chi connectivity index (χ1v) is 10.7. The van der Waals surface area contributed by atoms with Gasteiger partial charge in [0.25, 0.3) is 0 Å². The van der Waals surface area contributed by atoms with Crippen molar-refractivity contribution in [2.45, 2.75) is 59.5 Å². The smallest absolute Gasteiger partial charge is 0.194 e. The highest BCUT2D eigenvalue weighted by Crippen LogP contribution is 2.46. The molecule has 146 valence electrons. The fraction of sp³-hybridized carbons (Fsp3) is 0.800. The Kier molecular flexibility index (Phi) is 5.63. The molecule has 0 saturated carbocycles. The number of likely N-dealkylation sites (tertiary alicyclic amines) is 2. The number of aryl methyl sites for hydroxylation is 1. The van der Waals surface area contributed by atoms with E-state index in [1.807, 2.05) is 7.05 Å². The maximum Gasteiger partial charge on any atom is 0.194 e. The van der Waals surface area contributed by atoms with Crippen LogP contribution in [0.5, 0.6) is 0 Å². The molecule has 2 fully saturated rings. The van der Waals surface area contributed by atoms with Crippen molar-refractivity contribution in [3.63, 3.8) is 0 Å². The second-order valence-electron chi connectivity index (χ2n) is 9.03. The lowest BCUT2D eigenvalue weighted by Gasteiger charge is -2.62. The van der Waals surface area contributed by atoms with Crippen LogP contribution in [0.3, 0.4) is 0 Å². The molecule has 0 aromatic carbocycles. The molecule has 0 unspecified atom stereocenters. The Morgan fingerprint density at radius 2 is 2.00 bits per heavy atom. The predicted molar refractivity (Wildman–Crippen MR) is 111 cm³/mol. The Hall–Kier alpha value is -1.14. The summed E-state index contributed by atoms with van der Waals surface area (Å²) in [5.74, 6) is 1.80. The molecule has 0 atom stereocenters. The van der Waals surface area contributed by atoms with Gasteiger partial charge in [-0.15, -0.1) is 11.3 Å². The molecule has 6 heteroatoms. The van der Waals surface area contributed by atoms with Gasteiger partial charge in [-0.05, 0) is 52.6 Å². The summed E-state index contributed by atoms with van der Waals surface area (Å²) in [7, 11) is 1.90. The van der Waals surface area contributed by atoms with E-state index in [2.05, 4.69) is 65.1 Å². The number of nitrogens with one attached hydrogen (secondary N) is 1. The number of guanidine groups is 1. The molecule has 5 nitrogen and oxygen atoms in total. The molecule has 1 aromatic rings. The average molecular weight is 378 g/mol. The van der Waals surface area contributed by atoms with E-state index < -0.39 is 0 Å². The van der Waals surface area contributed by atoms with Crippen molar-refractivity contribution >= 4 is 17.3 Å². The van der Waals surface area contributed by atoms with Gasteiger partial charge in [0.2, 0.25) is 0 Å². The van der Waals surface area contributed by atoms with Crippen LogP contribution in [0, 0.1) is 18.3 Å². The number of hydrogen-bond donors (Lipinski definition) is 1. The van der Waals surface area contributed by atoms with Crippen LogP contribution < -0.4 is 5.32 Å². The van der Waals surface area contributed by atoms with Gasteiger partial charge in [0.1, 0.15) is 0 Å². The highest BCUT2D eigenvalue weighted by atomic mass is 32.1. The van der Waals surface area contributed by atoms with Gasteiger partial charge in [0.15, 0.2) is 5.96 Å². The lowest BCUT2D eigenvalue weighted by molar-refractivity contribution is -0.0668. The zero-order chi connectivity index (χ0) is 18.9. The molecule has 3 rings (SSSR count). The Bertz CT molecular complexity index is 640. The quantitative estimate of drug-likeness (QED) is 0.645. The van der Waals surface area contributed by atoms with Gasteiger partial charge in [-0.3, -0.25) is 9.89 Å². The Morgan fingerprint density at radius 1 is 1.31 bits per heavy atom. The number of piperidine rings is 1. The zero-order valence-electron chi connectivity index (χ0n) is 17.3. The molecule has 2 aliphatic rings. The Balaban J connectivity index is 1.43. The summed E-state index contributed by atoms with van der Waals surface area (Å²) in [6, 6.07) is 0. The summed E-state index contributed by atoms with van der Waals surface area (Å²) < 4.78 is 0. The third-order valence-electron chi connectivity index (χ3n) is 6.66. The van der Waals surface area contributed by atoms with Crippen molar-refractivity contribution in [2.24, 2.45) is 16.3 Å². The number of hydrogen-bond acceptors (Lipinski definition) is 4. The predicted octanol–water partition coefficient (Wildman–Crippen LogP) is 3.36. The Morgan fingerprint density at radius 3 is 2.50 bits per heavy atom. The molecule has 0 radical (unpaired) electrons. The van der Waals surface area contributed by atoms with Gasteiger partial charge < -0.3 is 10.2 Å². The Labute approximate surface area is 162 Å². The van der Waals surface area contributed by atoms with Gasteiger partial charge in [0.05, 0.1) is 10.7 Å². The van der Waals surface area contributed by atoms with Gasteiger partial charge in [-0.2, -0.15) is 0 Å². The van der Waals surface area contributed by atoms with E-state index >= 15 is 0 Å². The first kappa shape index (κ1) is 19.6. The summed E-state index contributed by atoms with van der Waals surface area (Å²) in [6.45, 7) is 16.9. The maximum atomic E-state index is 4.60. The molecule has 26 heavy (non-hydrogen) atoms. The lowest BCUT2D eigenvalue weighted by atomic mass is 9.65. The summed E-state index contributed by atoms with van der Waals surface area (Å²) >= 11 is 1.75. The molecular weight excluding hydrogens is 342 g/mol. The van der Waals surface area contributed by atoms with Gasteiger partial charge in [-0.25, -0.2) is 4.98 Å². The fourth-order valence-electron chi connectivity index (χ4n) is 3.99. The van der Waals surface area contributed by atoms with E-state index in [0.717, 1.165) is 31.5 Å². The van der Waals surface area contributed by atoms with Crippen LogP contribution in [0.15, 0.2) is 10.4 Å². The average Bonchev–Trinajstić information content (AvgIpc) is 3.00.